The summed E-state index contributed by atoms with van der Waals surface area (Å²) in [5, 5.41) is 0. The lowest BCUT2D eigenvalue weighted by Crippen LogP contribution is -2.05. The normalized spacial score (nSPS) is 11.9. The molecule has 9 heteroatoms. The van der Waals surface area contributed by atoms with Crippen LogP contribution in [0.1, 0.15) is 11.1 Å². The molecule has 0 fully saturated rings. The fraction of sp³-hybridized carbons (Fsp3) is 0.222. The van der Waals surface area contributed by atoms with Gasteiger partial charge in [0.25, 0.3) is 6.08 Å². The van der Waals surface area contributed by atoms with E-state index >= 15 is 0 Å². The summed E-state index contributed by atoms with van der Waals surface area (Å²) in [4.78, 5) is 9.71. The Kier molecular flexibility index (Phi) is 4.23. The average Bonchev–Trinajstić information content (AvgIpc) is 2.26. The minimum Gasteiger partial charge on any atom is -0.247 e. The Morgan fingerprint density at radius 3 is 2.22 bits per heavy atom. The molecule has 1 aromatic rings. The number of nitrogens with zero attached hydrogens (tertiary/aromatic N) is 1. The van der Waals surface area contributed by atoms with Crippen molar-refractivity contribution in [2.24, 2.45) is 4.40 Å². The Balaban J connectivity index is 2.74. The Hall–Kier alpha value is -1.70. The molecule has 0 unspecified atom stereocenters. The number of carbonyl (C=O) groups excluding carboxylic acids is 1. The van der Waals surface area contributed by atoms with Crippen molar-refractivity contribution in [3.8, 4) is 0 Å². The molecule has 0 saturated carbocycles. The molecule has 0 spiro atoms. The van der Waals surface area contributed by atoms with Crippen LogP contribution < -0.4 is 0 Å². The van der Waals surface area contributed by atoms with Gasteiger partial charge in [-0.2, -0.15) is 21.6 Å². The molecule has 0 N–H and O–H groups in total. The summed E-state index contributed by atoms with van der Waals surface area (Å²) >= 11 is 0. The molecule has 0 amide bonds. The van der Waals surface area contributed by atoms with E-state index in [0.29, 0.717) is 0 Å². The number of halogens is 3. The van der Waals surface area contributed by atoms with Crippen LogP contribution >= 0.6 is 0 Å². The summed E-state index contributed by atoms with van der Waals surface area (Å²) in [5.74, 6) is 0. The summed E-state index contributed by atoms with van der Waals surface area (Å²) in [6.45, 7) is -0.522. The van der Waals surface area contributed by atoms with Crippen LogP contribution in [0.5, 0.6) is 0 Å². The summed E-state index contributed by atoms with van der Waals surface area (Å²) in [6, 6.07) is 3.69. The minimum absolute atomic E-state index is 0.188. The first-order chi connectivity index (χ1) is 8.24. The van der Waals surface area contributed by atoms with Crippen LogP contribution in [0, 0.1) is 0 Å². The Bertz CT molecular complexity index is 558. The third-order valence-electron chi connectivity index (χ3n) is 1.80. The lowest BCUT2D eigenvalue weighted by atomic mass is 10.1. The topological polar surface area (TPSA) is 72.8 Å². The molecule has 5 nitrogen and oxygen atoms in total. The number of hydrogen-bond acceptors (Lipinski definition) is 4. The third kappa shape index (κ3) is 4.28. The lowest BCUT2D eigenvalue weighted by Gasteiger charge is -2.07. The van der Waals surface area contributed by atoms with E-state index in [2.05, 4.69) is 8.58 Å². The van der Waals surface area contributed by atoms with E-state index in [4.69, 9.17) is 0 Å². The molecule has 0 saturated heterocycles. The maximum absolute atomic E-state index is 12.2. The molecule has 0 atom stereocenters. The van der Waals surface area contributed by atoms with Crippen molar-refractivity contribution < 1.29 is 30.6 Å². The highest BCUT2D eigenvalue weighted by Crippen LogP contribution is 2.29. The highest BCUT2D eigenvalue weighted by atomic mass is 32.2. The first-order valence-corrected chi connectivity index (χ1v) is 5.76. The summed E-state index contributed by atoms with van der Waals surface area (Å²) in [7, 11) is -4.39. The first kappa shape index (κ1) is 14.4. The van der Waals surface area contributed by atoms with Gasteiger partial charge in [-0.3, -0.25) is 0 Å². The van der Waals surface area contributed by atoms with Crippen molar-refractivity contribution in [2.75, 3.05) is 0 Å². The second-order valence-corrected chi connectivity index (χ2v) is 4.34. The van der Waals surface area contributed by atoms with Gasteiger partial charge in [0.15, 0.2) is 0 Å². The molecule has 0 aromatic heterocycles. The Morgan fingerprint density at radius 2 is 1.78 bits per heavy atom. The predicted molar refractivity (Wildman–Crippen MR) is 53.3 cm³/mol. The Labute approximate surface area is 100 Å². The largest absolute Gasteiger partial charge is 0.416 e. The Morgan fingerprint density at radius 1 is 1.22 bits per heavy atom. The number of alkyl halides is 3. The van der Waals surface area contributed by atoms with Crippen LogP contribution in [0.3, 0.4) is 0 Å². The highest BCUT2D eigenvalue weighted by Gasteiger charge is 2.29. The zero-order valence-electron chi connectivity index (χ0n) is 8.64. The van der Waals surface area contributed by atoms with Crippen molar-refractivity contribution in [1.82, 2.24) is 0 Å². The quantitative estimate of drug-likeness (QED) is 0.623. The van der Waals surface area contributed by atoms with E-state index in [9.17, 15) is 26.4 Å². The average molecular weight is 281 g/mol. The number of benzene rings is 1. The predicted octanol–water partition coefficient (Wildman–Crippen LogP) is 1.80. The van der Waals surface area contributed by atoms with Gasteiger partial charge in [-0.25, -0.2) is 8.98 Å². The fourth-order valence-electron chi connectivity index (χ4n) is 1.00. The molecule has 18 heavy (non-hydrogen) atoms. The second kappa shape index (κ2) is 5.30. The van der Waals surface area contributed by atoms with E-state index in [1.807, 2.05) is 0 Å². The number of isocyanates is 1. The monoisotopic (exact) mass is 281 g/mol. The van der Waals surface area contributed by atoms with E-state index < -0.39 is 28.7 Å². The van der Waals surface area contributed by atoms with Gasteiger partial charge in [-0.1, -0.05) is 16.5 Å². The fourth-order valence-corrected chi connectivity index (χ4v) is 1.43. The minimum atomic E-state index is -4.47. The molecule has 1 aromatic carbocycles. The van der Waals surface area contributed by atoms with Crippen molar-refractivity contribution in [1.29, 1.82) is 0 Å². The van der Waals surface area contributed by atoms with Crippen LogP contribution in [0.15, 0.2) is 28.7 Å². The molecule has 0 aliphatic carbocycles. The number of hydrogen-bond donors (Lipinski definition) is 0. The van der Waals surface area contributed by atoms with Crippen molar-refractivity contribution in [3.63, 3.8) is 0 Å². The van der Waals surface area contributed by atoms with Gasteiger partial charge in [-0.05, 0) is 17.7 Å². The maximum atomic E-state index is 12.2. The van der Waals surface area contributed by atoms with Gasteiger partial charge in [0, 0.05) is 0 Å². The van der Waals surface area contributed by atoms with Crippen LogP contribution in [0.25, 0.3) is 0 Å². The standard InChI is InChI=1S/C9H6F3NO4S/c10-9(11,12)8-3-1-7(2-4-8)5-17-18(15,16)13-6-14/h1-4H,5H2. The molecular formula is C9H6F3NO4S. The van der Waals surface area contributed by atoms with E-state index in [1.54, 1.807) is 0 Å². The first-order valence-electron chi connectivity index (χ1n) is 4.39. The van der Waals surface area contributed by atoms with Crippen molar-refractivity contribution in [3.05, 3.63) is 35.4 Å². The summed E-state index contributed by atoms with van der Waals surface area (Å²) < 4.78 is 64.9. The van der Waals surface area contributed by atoms with Gasteiger partial charge in [0.2, 0.25) is 0 Å². The van der Waals surface area contributed by atoms with Gasteiger partial charge < -0.3 is 0 Å². The van der Waals surface area contributed by atoms with Crippen LogP contribution in [-0.2, 0) is 32.1 Å². The zero-order chi connectivity index (χ0) is 13.8. The van der Waals surface area contributed by atoms with Gasteiger partial charge in [-0.15, -0.1) is 0 Å². The summed E-state index contributed by atoms with van der Waals surface area (Å²) in [6.07, 6.45) is -3.68. The van der Waals surface area contributed by atoms with E-state index in [1.165, 1.54) is 0 Å². The molecule has 0 heterocycles. The van der Waals surface area contributed by atoms with E-state index in [-0.39, 0.29) is 5.56 Å². The van der Waals surface area contributed by atoms with Gasteiger partial charge >= 0.3 is 16.5 Å². The van der Waals surface area contributed by atoms with Crippen LogP contribution in [-0.4, -0.2) is 14.5 Å². The summed E-state index contributed by atoms with van der Waals surface area (Å²) in [5.41, 5.74) is -0.673. The van der Waals surface area contributed by atoms with Gasteiger partial charge in [0.1, 0.15) is 0 Å². The van der Waals surface area contributed by atoms with E-state index in [0.717, 1.165) is 30.3 Å². The zero-order valence-corrected chi connectivity index (χ0v) is 9.46. The van der Waals surface area contributed by atoms with Crippen LogP contribution in [0.2, 0.25) is 0 Å². The molecule has 0 aliphatic rings. The third-order valence-corrected chi connectivity index (χ3v) is 2.52. The lowest BCUT2D eigenvalue weighted by molar-refractivity contribution is -0.137. The second-order valence-electron chi connectivity index (χ2n) is 3.07. The smallest absolute Gasteiger partial charge is 0.247 e. The maximum Gasteiger partial charge on any atom is 0.416 e. The molecule has 1 rings (SSSR count). The molecule has 0 radical (unpaired) electrons. The van der Waals surface area contributed by atoms with Crippen molar-refractivity contribution in [2.45, 2.75) is 12.8 Å². The SMILES string of the molecule is O=C=NS(=O)(=O)OCc1ccc(C(F)(F)F)cc1. The van der Waals surface area contributed by atoms with Gasteiger partial charge in [0.05, 0.1) is 12.2 Å². The molecule has 98 valence electrons. The highest BCUT2D eigenvalue weighted by molar-refractivity contribution is 7.85. The molecular weight excluding hydrogens is 275 g/mol. The molecule has 0 bridgehead atoms. The number of rotatable bonds is 4. The molecule has 0 aliphatic heterocycles. The van der Waals surface area contributed by atoms with Crippen molar-refractivity contribution >= 4 is 16.4 Å². The van der Waals surface area contributed by atoms with Crippen LogP contribution in [0.4, 0.5) is 13.2 Å².